The summed E-state index contributed by atoms with van der Waals surface area (Å²) < 4.78 is 10.9. The maximum Gasteiger partial charge on any atom is 0.339 e. The van der Waals surface area contributed by atoms with Crippen LogP contribution in [0.2, 0.25) is 0 Å². The summed E-state index contributed by atoms with van der Waals surface area (Å²) in [6, 6.07) is 46.7. The Morgan fingerprint density at radius 2 is 0.726 bits per heavy atom. The molecule has 2 aliphatic rings. The van der Waals surface area contributed by atoms with Crippen molar-refractivity contribution in [1.29, 1.82) is 0 Å². The van der Waals surface area contributed by atoms with E-state index in [2.05, 4.69) is 139 Å². The van der Waals surface area contributed by atoms with Gasteiger partial charge in [-0.15, -0.1) is 0 Å². The second-order valence-electron chi connectivity index (χ2n) is 17.9. The van der Waals surface area contributed by atoms with Gasteiger partial charge in [0.05, 0.1) is 11.1 Å². The molecule has 0 N–H and O–H groups in total. The molecule has 1 saturated carbocycles. The Morgan fingerprint density at radius 1 is 0.452 bits per heavy atom. The number of carbonyl (C=O) groups is 2. The molecule has 0 aliphatic heterocycles. The van der Waals surface area contributed by atoms with Crippen molar-refractivity contribution in [1.82, 2.24) is 0 Å². The molecule has 6 aromatic carbocycles. The van der Waals surface area contributed by atoms with Gasteiger partial charge in [0.1, 0.15) is 12.2 Å². The maximum atomic E-state index is 12.6. The van der Waals surface area contributed by atoms with Crippen LogP contribution in [-0.4, -0.2) is 24.1 Å². The molecule has 1 spiro atoms. The molecule has 1 fully saturated rings. The van der Waals surface area contributed by atoms with Crippen molar-refractivity contribution in [2.45, 2.75) is 64.6 Å². The first-order chi connectivity index (χ1) is 29.8. The number of esters is 2. The van der Waals surface area contributed by atoms with E-state index in [9.17, 15) is 9.59 Å². The van der Waals surface area contributed by atoms with Crippen molar-refractivity contribution < 1.29 is 19.1 Å². The number of carbonyl (C=O) groups excluding carboxylic acids is 2. The van der Waals surface area contributed by atoms with Crippen molar-refractivity contribution in [3.8, 4) is 55.6 Å². The van der Waals surface area contributed by atoms with Gasteiger partial charge >= 0.3 is 11.9 Å². The lowest BCUT2D eigenvalue weighted by Gasteiger charge is -2.59. The maximum absolute atomic E-state index is 12.6. The van der Waals surface area contributed by atoms with Crippen molar-refractivity contribution in [2.24, 2.45) is 10.8 Å². The number of benzene rings is 6. The van der Waals surface area contributed by atoms with Crippen LogP contribution in [0.25, 0.3) is 55.6 Å². The first-order valence-electron chi connectivity index (χ1n) is 21.5. The molecular formula is C58H54O4. The van der Waals surface area contributed by atoms with E-state index in [4.69, 9.17) is 9.47 Å². The van der Waals surface area contributed by atoms with Crippen molar-refractivity contribution in [3.05, 3.63) is 206 Å². The van der Waals surface area contributed by atoms with Gasteiger partial charge in [0.25, 0.3) is 0 Å². The summed E-state index contributed by atoms with van der Waals surface area (Å²) in [5.41, 5.74) is 15.2. The fourth-order valence-corrected chi connectivity index (χ4v) is 10.5. The lowest BCUT2D eigenvalue weighted by molar-refractivity contribution is 0.00879. The van der Waals surface area contributed by atoms with Crippen LogP contribution in [0, 0.1) is 10.8 Å². The van der Waals surface area contributed by atoms with Crippen molar-refractivity contribution in [2.75, 3.05) is 0 Å². The van der Waals surface area contributed by atoms with Gasteiger partial charge in [-0.25, -0.2) is 9.59 Å². The van der Waals surface area contributed by atoms with Crippen LogP contribution in [0.1, 0.15) is 78.8 Å². The van der Waals surface area contributed by atoms with E-state index in [-0.39, 0.29) is 16.2 Å². The predicted molar refractivity (Wildman–Crippen MR) is 255 cm³/mol. The molecule has 6 aromatic rings. The second-order valence-corrected chi connectivity index (χ2v) is 17.9. The Morgan fingerprint density at radius 3 is 1.03 bits per heavy atom. The Kier molecular flexibility index (Phi) is 11.2. The summed E-state index contributed by atoms with van der Waals surface area (Å²) in [5, 5.41) is 0. The highest BCUT2D eigenvalue weighted by Crippen LogP contribution is 2.69. The van der Waals surface area contributed by atoms with Gasteiger partial charge < -0.3 is 9.47 Å². The van der Waals surface area contributed by atoms with E-state index < -0.39 is 24.1 Å². The minimum atomic E-state index is -0.525. The van der Waals surface area contributed by atoms with Gasteiger partial charge in [0.2, 0.25) is 0 Å². The lowest BCUT2D eigenvalue weighted by atomic mass is 9.44. The summed E-state index contributed by atoms with van der Waals surface area (Å²) >= 11 is 0. The zero-order valence-electron chi connectivity index (χ0n) is 36.2. The Bertz CT molecular complexity index is 2490. The molecule has 4 nitrogen and oxygen atoms in total. The summed E-state index contributed by atoms with van der Waals surface area (Å²) in [4.78, 5) is 25.3. The Balaban J connectivity index is 1.09. The SMILES string of the molecule is C=CC(C=C)OC(=O)c1ccc(-c2ccc(-c3ccc4c(c3)C3(c5cc(-c6ccc(-c7ccc(C(=O)OC(C=C)C=C)cc7)cc6)ccc5-4)C(C)(C)CCCC3(C)C)cc2)cc1. The number of hydrogen-bond donors (Lipinski definition) is 0. The third-order valence-corrected chi connectivity index (χ3v) is 13.5. The fourth-order valence-electron chi connectivity index (χ4n) is 10.5. The van der Waals surface area contributed by atoms with E-state index in [1.54, 1.807) is 48.6 Å². The van der Waals surface area contributed by atoms with Gasteiger partial charge in [0, 0.05) is 5.41 Å². The first-order valence-corrected chi connectivity index (χ1v) is 21.5. The number of hydrogen-bond acceptors (Lipinski definition) is 4. The van der Waals surface area contributed by atoms with Crippen molar-refractivity contribution in [3.63, 3.8) is 0 Å². The summed E-state index contributed by atoms with van der Waals surface area (Å²) in [5.74, 6) is -0.812. The normalized spacial score (nSPS) is 15.3. The first kappa shape index (κ1) is 41.9. The van der Waals surface area contributed by atoms with Gasteiger partial charge in [-0.1, -0.05) is 157 Å². The van der Waals surface area contributed by atoms with E-state index in [1.165, 1.54) is 50.9 Å². The number of rotatable bonds is 12. The van der Waals surface area contributed by atoms with Crippen LogP contribution in [0.15, 0.2) is 184 Å². The Hall–Kier alpha value is -6.78. The average Bonchev–Trinajstić information content (AvgIpc) is 3.60. The largest absolute Gasteiger partial charge is 0.450 e. The molecule has 62 heavy (non-hydrogen) atoms. The van der Waals surface area contributed by atoms with Gasteiger partial charge in [0.15, 0.2) is 0 Å². The van der Waals surface area contributed by atoms with Crippen LogP contribution < -0.4 is 0 Å². The third kappa shape index (κ3) is 7.28. The van der Waals surface area contributed by atoms with Crippen LogP contribution in [-0.2, 0) is 14.9 Å². The standard InChI is InChI=1S/C58H54O4/c1-9-48(10-2)61-54(59)44-26-22-40(23-27-44)38-14-18-42(19-15-38)46-30-32-50-51-33-31-47(37-53(51)58(52(50)36-46)56(5,6)34-13-35-57(58,7)8)43-20-16-39(17-21-43)41-24-28-45(29-25-41)55(60)62-49(11-3)12-4/h9-12,14-33,36-37,48-49H,1-4,13,34-35H2,5-8H3. The summed E-state index contributed by atoms with van der Waals surface area (Å²) in [6.07, 6.45) is 8.63. The number of fused-ring (bicyclic) bond motifs is 5. The molecule has 0 heterocycles. The molecule has 8 rings (SSSR count). The molecule has 0 atom stereocenters. The zero-order valence-corrected chi connectivity index (χ0v) is 36.2. The van der Waals surface area contributed by atoms with E-state index in [1.807, 2.05) is 24.3 Å². The molecule has 4 heteroatoms. The highest BCUT2D eigenvalue weighted by molar-refractivity contribution is 5.92. The van der Waals surface area contributed by atoms with E-state index in [0.717, 1.165) is 35.1 Å². The topological polar surface area (TPSA) is 52.6 Å². The molecule has 0 bridgehead atoms. The van der Waals surface area contributed by atoms with E-state index in [0.29, 0.717) is 11.1 Å². The fraction of sp³-hybridized carbons (Fsp3) is 0.207. The molecule has 0 aromatic heterocycles. The van der Waals surface area contributed by atoms with Crippen LogP contribution in [0.5, 0.6) is 0 Å². The van der Waals surface area contributed by atoms with E-state index >= 15 is 0 Å². The van der Waals surface area contributed by atoms with Crippen molar-refractivity contribution >= 4 is 11.9 Å². The molecule has 310 valence electrons. The van der Waals surface area contributed by atoms with Crippen LogP contribution >= 0.6 is 0 Å². The number of ether oxygens (including phenoxy) is 2. The molecule has 0 radical (unpaired) electrons. The lowest BCUT2D eigenvalue weighted by Crippen LogP contribution is -2.55. The minimum Gasteiger partial charge on any atom is -0.450 e. The average molecular weight is 815 g/mol. The summed E-state index contributed by atoms with van der Waals surface area (Å²) in [6.45, 7) is 24.7. The second kappa shape index (κ2) is 16.6. The minimum absolute atomic E-state index is 0.00650. The summed E-state index contributed by atoms with van der Waals surface area (Å²) in [7, 11) is 0. The van der Waals surface area contributed by atoms with Crippen LogP contribution in [0.4, 0.5) is 0 Å². The monoisotopic (exact) mass is 814 g/mol. The zero-order chi connectivity index (χ0) is 43.8. The highest BCUT2D eigenvalue weighted by Gasteiger charge is 2.62. The van der Waals surface area contributed by atoms with Gasteiger partial charge in [-0.2, -0.15) is 0 Å². The van der Waals surface area contributed by atoms with Gasteiger partial charge in [-0.05, 0) is 151 Å². The van der Waals surface area contributed by atoms with Crippen LogP contribution in [0.3, 0.4) is 0 Å². The molecule has 0 saturated heterocycles. The third-order valence-electron chi connectivity index (χ3n) is 13.5. The highest BCUT2D eigenvalue weighted by atomic mass is 16.5. The predicted octanol–water partition coefficient (Wildman–Crippen LogP) is 14.7. The molecule has 0 unspecified atom stereocenters. The molecule has 0 amide bonds. The molecule has 2 aliphatic carbocycles. The quantitative estimate of drug-likeness (QED) is 0.0912. The Labute approximate surface area is 367 Å². The molecular weight excluding hydrogens is 761 g/mol. The smallest absolute Gasteiger partial charge is 0.339 e. The van der Waals surface area contributed by atoms with Gasteiger partial charge in [-0.3, -0.25) is 0 Å².